The molecule has 2 amide bonds. The fourth-order valence-corrected chi connectivity index (χ4v) is 2.62. The number of alkyl carbamates (subject to hydrolysis) is 2. The fourth-order valence-electron chi connectivity index (χ4n) is 2.62. The Bertz CT molecular complexity index is 448. The number of nitrogens with one attached hydrogen (secondary N) is 2. The average Bonchev–Trinajstić information content (AvgIpc) is 3.43. The molecule has 0 aromatic heterocycles. The van der Waals surface area contributed by atoms with Crippen molar-refractivity contribution >= 4 is 12.2 Å². The summed E-state index contributed by atoms with van der Waals surface area (Å²) >= 11 is 0. The Hall–Kier alpha value is -1.54. The summed E-state index contributed by atoms with van der Waals surface area (Å²) in [6, 6.07) is 0. The van der Waals surface area contributed by atoms with Crippen molar-refractivity contribution in [1.82, 2.24) is 10.6 Å². The van der Waals surface area contributed by atoms with E-state index in [1.807, 2.05) is 0 Å². The van der Waals surface area contributed by atoms with E-state index in [-0.39, 0.29) is 17.6 Å². The smallest absolute Gasteiger partial charge is 0.407 e. The monoisotopic (exact) mass is 358 g/mol. The number of hydrogen-bond donors (Lipinski definition) is 2. The van der Waals surface area contributed by atoms with Crippen molar-refractivity contribution in [1.29, 1.82) is 0 Å². The first-order chi connectivity index (χ1) is 11.8. The third kappa shape index (κ3) is 9.50. The predicted molar refractivity (Wildman–Crippen MR) is 90.4 cm³/mol. The standard InChI is InChI=1S/C17H30N2O6/c1-12(4-5-18-15(20)24-9-13-7-22-13)6-17(2,3)11-19-16(21)25-10-14-8-23-14/h12-14H,4-11H2,1-3H3,(H,18,20)(H,19,21). The molecule has 3 atom stereocenters. The maximum absolute atomic E-state index is 11.6. The highest BCUT2D eigenvalue weighted by Gasteiger charge is 2.26. The van der Waals surface area contributed by atoms with Gasteiger partial charge in [-0.05, 0) is 24.2 Å². The fraction of sp³-hybridized carbons (Fsp3) is 0.882. The van der Waals surface area contributed by atoms with E-state index >= 15 is 0 Å². The summed E-state index contributed by atoms with van der Waals surface area (Å²) in [6.07, 6.45) is 1.13. The Morgan fingerprint density at radius 3 is 2.12 bits per heavy atom. The van der Waals surface area contributed by atoms with Crippen LogP contribution < -0.4 is 10.6 Å². The first-order valence-corrected chi connectivity index (χ1v) is 8.88. The third-order valence-corrected chi connectivity index (χ3v) is 4.12. The van der Waals surface area contributed by atoms with Crippen LogP contribution in [0.2, 0.25) is 0 Å². The first kappa shape index (κ1) is 19.8. The summed E-state index contributed by atoms with van der Waals surface area (Å²) < 4.78 is 20.0. The van der Waals surface area contributed by atoms with Gasteiger partial charge >= 0.3 is 12.2 Å². The largest absolute Gasteiger partial charge is 0.447 e. The third-order valence-electron chi connectivity index (χ3n) is 4.12. The molecule has 0 radical (unpaired) electrons. The van der Waals surface area contributed by atoms with Crippen LogP contribution in [0.5, 0.6) is 0 Å². The van der Waals surface area contributed by atoms with Crippen molar-refractivity contribution in [2.45, 2.75) is 45.8 Å². The van der Waals surface area contributed by atoms with E-state index < -0.39 is 12.2 Å². The van der Waals surface area contributed by atoms with Gasteiger partial charge in [-0.1, -0.05) is 20.8 Å². The second-order valence-corrected chi connectivity index (χ2v) is 7.65. The molecule has 0 saturated carbocycles. The van der Waals surface area contributed by atoms with Crippen LogP contribution in [0, 0.1) is 11.3 Å². The van der Waals surface area contributed by atoms with Crippen LogP contribution in [0.3, 0.4) is 0 Å². The van der Waals surface area contributed by atoms with E-state index in [0.29, 0.717) is 45.4 Å². The number of epoxide rings is 2. The minimum absolute atomic E-state index is 0.0572. The van der Waals surface area contributed by atoms with E-state index in [1.54, 1.807) is 0 Å². The van der Waals surface area contributed by atoms with E-state index in [1.165, 1.54) is 0 Å². The zero-order chi connectivity index (χ0) is 18.3. The van der Waals surface area contributed by atoms with Gasteiger partial charge in [0.15, 0.2) is 0 Å². The number of carbonyl (C=O) groups excluding carboxylic acids is 2. The minimum atomic E-state index is -0.403. The molecular formula is C17H30N2O6. The molecule has 0 aromatic carbocycles. The van der Waals surface area contributed by atoms with Crippen molar-refractivity contribution in [3.05, 3.63) is 0 Å². The lowest BCUT2D eigenvalue weighted by Crippen LogP contribution is -2.36. The van der Waals surface area contributed by atoms with Gasteiger partial charge in [0.2, 0.25) is 0 Å². The van der Waals surface area contributed by atoms with Crippen LogP contribution in [0.15, 0.2) is 0 Å². The van der Waals surface area contributed by atoms with Gasteiger partial charge in [-0.3, -0.25) is 0 Å². The lowest BCUT2D eigenvalue weighted by Gasteiger charge is -2.28. The Morgan fingerprint density at radius 2 is 1.60 bits per heavy atom. The molecule has 2 fully saturated rings. The van der Waals surface area contributed by atoms with Gasteiger partial charge < -0.3 is 29.6 Å². The maximum Gasteiger partial charge on any atom is 0.407 e. The van der Waals surface area contributed by atoms with Gasteiger partial charge in [0.05, 0.1) is 13.2 Å². The molecular weight excluding hydrogens is 328 g/mol. The summed E-state index contributed by atoms with van der Waals surface area (Å²) in [4.78, 5) is 23.1. The van der Waals surface area contributed by atoms with Crippen LogP contribution in [0.4, 0.5) is 9.59 Å². The Kier molecular flexibility index (Phi) is 7.31. The number of hydrogen-bond acceptors (Lipinski definition) is 6. The van der Waals surface area contributed by atoms with E-state index in [0.717, 1.165) is 12.8 Å². The predicted octanol–water partition coefficient (Wildman–Crippen LogP) is 1.68. The van der Waals surface area contributed by atoms with Crippen LogP contribution in [0.25, 0.3) is 0 Å². The molecule has 0 spiro atoms. The van der Waals surface area contributed by atoms with Gasteiger partial charge in [0, 0.05) is 13.1 Å². The highest BCUT2D eigenvalue weighted by Crippen LogP contribution is 2.26. The number of rotatable bonds is 11. The summed E-state index contributed by atoms with van der Waals surface area (Å²) in [5.74, 6) is 0.403. The quantitative estimate of drug-likeness (QED) is 0.545. The SMILES string of the molecule is CC(CCNC(=O)OCC1CO1)CC(C)(C)CNC(=O)OCC1CO1. The number of amides is 2. The molecule has 0 aliphatic carbocycles. The number of carbonyl (C=O) groups is 2. The molecule has 3 unspecified atom stereocenters. The van der Waals surface area contributed by atoms with Crippen molar-refractivity contribution < 1.29 is 28.5 Å². The lowest BCUT2D eigenvalue weighted by atomic mass is 9.82. The molecule has 8 nitrogen and oxygen atoms in total. The second kappa shape index (κ2) is 9.24. The maximum atomic E-state index is 11.6. The molecule has 0 bridgehead atoms. The second-order valence-electron chi connectivity index (χ2n) is 7.65. The van der Waals surface area contributed by atoms with E-state index in [4.69, 9.17) is 18.9 Å². The molecule has 8 heteroatoms. The molecule has 2 heterocycles. The molecule has 2 rings (SSSR count). The zero-order valence-electron chi connectivity index (χ0n) is 15.3. The van der Waals surface area contributed by atoms with E-state index in [9.17, 15) is 9.59 Å². The average molecular weight is 358 g/mol. The molecule has 2 aliphatic rings. The number of ether oxygens (including phenoxy) is 4. The van der Waals surface area contributed by atoms with Gasteiger partial charge in [0.25, 0.3) is 0 Å². The van der Waals surface area contributed by atoms with Crippen molar-refractivity contribution in [3.8, 4) is 0 Å². The van der Waals surface area contributed by atoms with Gasteiger partial charge in [-0.2, -0.15) is 0 Å². The van der Waals surface area contributed by atoms with Crippen molar-refractivity contribution in [3.63, 3.8) is 0 Å². The summed E-state index contributed by atoms with van der Waals surface area (Å²) in [6.45, 7) is 9.44. The lowest BCUT2D eigenvalue weighted by molar-refractivity contribution is 0.129. The van der Waals surface area contributed by atoms with Crippen molar-refractivity contribution in [2.75, 3.05) is 39.5 Å². The summed E-state index contributed by atoms with van der Waals surface area (Å²) in [5.41, 5.74) is -0.0572. The van der Waals surface area contributed by atoms with Gasteiger partial charge in [-0.15, -0.1) is 0 Å². The van der Waals surface area contributed by atoms with Gasteiger partial charge in [-0.25, -0.2) is 9.59 Å². The Balaban J connectivity index is 1.51. The first-order valence-electron chi connectivity index (χ1n) is 8.88. The van der Waals surface area contributed by atoms with Crippen LogP contribution in [-0.2, 0) is 18.9 Å². The van der Waals surface area contributed by atoms with E-state index in [2.05, 4.69) is 31.4 Å². The topological polar surface area (TPSA) is 102 Å². The normalized spacial score (nSPS) is 22.7. The Labute approximate surface area is 148 Å². The molecule has 2 aliphatic heterocycles. The molecule has 25 heavy (non-hydrogen) atoms. The zero-order valence-corrected chi connectivity index (χ0v) is 15.3. The van der Waals surface area contributed by atoms with Crippen molar-refractivity contribution in [2.24, 2.45) is 11.3 Å². The summed E-state index contributed by atoms with van der Waals surface area (Å²) in [5, 5.41) is 5.55. The van der Waals surface area contributed by atoms with Gasteiger partial charge in [0.1, 0.15) is 25.4 Å². The molecule has 0 aromatic rings. The van der Waals surface area contributed by atoms with Crippen LogP contribution in [-0.4, -0.2) is 63.9 Å². The minimum Gasteiger partial charge on any atom is -0.447 e. The van der Waals surface area contributed by atoms with Crippen LogP contribution >= 0.6 is 0 Å². The highest BCUT2D eigenvalue weighted by atomic mass is 16.6. The molecule has 2 saturated heterocycles. The molecule has 2 N–H and O–H groups in total. The highest BCUT2D eigenvalue weighted by molar-refractivity contribution is 5.67. The molecule has 144 valence electrons. The summed E-state index contributed by atoms with van der Waals surface area (Å²) in [7, 11) is 0. The van der Waals surface area contributed by atoms with Crippen LogP contribution in [0.1, 0.15) is 33.6 Å². The Morgan fingerprint density at radius 1 is 1.08 bits per heavy atom.